The normalized spacial score (nSPS) is 13.7. The second kappa shape index (κ2) is 9.76. The molecule has 2 atom stereocenters. The van der Waals surface area contributed by atoms with Crippen molar-refractivity contribution in [3.8, 4) is 0 Å². The molecule has 0 saturated heterocycles. The molecule has 5 heteroatoms. The fourth-order valence-electron chi connectivity index (χ4n) is 1.69. The first-order chi connectivity index (χ1) is 8.51. The van der Waals surface area contributed by atoms with E-state index in [0.29, 0.717) is 6.42 Å². The van der Waals surface area contributed by atoms with Crippen LogP contribution in [-0.2, 0) is 14.4 Å². The van der Waals surface area contributed by atoms with Crippen LogP contribution >= 0.6 is 0 Å². The van der Waals surface area contributed by atoms with E-state index >= 15 is 0 Å². The Morgan fingerprint density at radius 2 is 1.94 bits per heavy atom. The van der Waals surface area contributed by atoms with Crippen molar-refractivity contribution in [3.05, 3.63) is 0 Å². The topological polar surface area (TPSA) is 75.3 Å². The van der Waals surface area contributed by atoms with Crippen LogP contribution < -0.4 is 10.6 Å². The molecule has 1 amide bonds. The number of hydrogen-bond acceptors (Lipinski definition) is 4. The molecule has 0 heterocycles. The molecule has 0 saturated carbocycles. The smallest absolute Gasteiger partial charge is 0.223 e. The van der Waals surface area contributed by atoms with Gasteiger partial charge in [0, 0.05) is 12.3 Å². The SMILES string of the molecule is CNCCCC[C@@H](C=O)NC(=O)C(C)CC(C)=O. The number of ketones is 1. The highest BCUT2D eigenvalue weighted by atomic mass is 16.2. The number of Topliss-reactive ketones (excluding diaryl/α,β-unsaturated/α-hetero) is 1. The second-order valence-corrected chi connectivity index (χ2v) is 4.66. The summed E-state index contributed by atoms with van der Waals surface area (Å²) in [6.45, 7) is 4.05. The van der Waals surface area contributed by atoms with E-state index in [2.05, 4.69) is 10.6 Å². The van der Waals surface area contributed by atoms with Gasteiger partial charge in [-0.25, -0.2) is 0 Å². The summed E-state index contributed by atoms with van der Waals surface area (Å²) in [6.07, 6.45) is 3.48. The van der Waals surface area contributed by atoms with Crippen LogP contribution in [0.25, 0.3) is 0 Å². The summed E-state index contributed by atoms with van der Waals surface area (Å²) < 4.78 is 0. The van der Waals surface area contributed by atoms with Crippen molar-refractivity contribution in [3.63, 3.8) is 0 Å². The molecule has 0 aliphatic rings. The standard InChI is InChI=1S/C13H24N2O3/c1-10(8-11(2)17)13(18)15-12(9-16)6-4-5-7-14-3/h9-10,12,14H,4-8H2,1-3H3,(H,15,18)/t10?,12-/m0/s1. The molecule has 0 aromatic heterocycles. The number of aldehydes is 1. The van der Waals surface area contributed by atoms with E-state index in [-0.39, 0.29) is 24.0 Å². The van der Waals surface area contributed by atoms with Gasteiger partial charge in [-0.15, -0.1) is 0 Å². The zero-order chi connectivity index (χ0) is 14.0. The summed E-state index contributed by atoms with van der Waals surface area (Å²) in [5.41, 5.74) is 0. The lowest BCUT2D eigenvalue weighted by atomic mass is 10.0. The minimum Gasteiger partial charge on any atom is -0.346 e. The first kappa shape index (κ1) is 16.8. The van der Waals surface area contributed by atoms with Gasteiger partial charge < -0.3 is 20.2 Å². The van der Waals surface area contributed by atoms with E-state index in [1.807, 2.05) is 7.05 Å². The van der Waals surface area contributed by atoms with Gasteiger partial charge in [-0.3, -0.25) is 4.79 Å². The lowest BCUT2D eigenvalue weighted by Crippen LogP contribution is -2.39. The molecule has 0 fully saturated rings. The molecule has 2 N–H and O–H groups in total. The van der Waals surface area contributed by atoms with Crippen molar-refractivity contribution in [2.75, 3.05) is 13.6 Å². The summed E-state index contributed by atoms with van der Waals surface area (Å²) >= 11 is 0. The highest BCUT2D eigenvalue weighted by Gasteiger charge is 2.18. The number of carbonyl (C=O) groups is 3. The van der Waals surface area contributed by atoms with Gasteiger partial charge in [0.15, 0.2) is 0 Å². The predicted octanol–water partition coefficient (Wildman–Crippen LogP) is 0.675. The summed E-state index contributed by atoms with van der Waals surface area (Å²) in [5, 5.41) is 5.70. The molecule has 1 unspecified atom stereocenters. The number of hydrogen-bond donors (Lipinski definition) is 2. The molecule has 18 heavy (non-hydrogen) atoms. The van der Waals surface area contributed by atoms with Gasteiger partial charge in [-0.05, 0) is 39.8 Å². The summed E-state index contributed by atoms with van der Waals surface area (Å²) in [7, 11) is 1.88. The molecule has 0 radical (unpaired) electrons. The van der Waals surface area contributed by atoms with Crippen LogP contribution in [0, 0.1) is 5.92 Å². The Bertz CT molecular complexity index is 279. The van der Waals surface area contributed by atoms with Crippen LogP contribution in [0.2, 0.25) is 0 Å². The zero-order valence-electron chi connectivity index (χ0n) is 11.5. The lowest BCUT2D eigenvalue weighted by molar-refractivity contribution is -0.129. The average Bonchev–Trinajstić information content (AvgIpc) is 2.31. The van der Waals surface area contributed by atoms with Crippen LogP contribution in [0.5, 0.6) is 0 Å². The van der Waals surface area contributed by atoms with E-state index in [4.69, 9.17) is 0 Å². The van der Waals surface area contributed by atoms with Crippen LogP contribution in [0.4, 0.5) is 0 Å². The molecule has 0 bridgehead atoms. The van der Waals surface area contributed by atoms with Crippen molar-refractivity contribution in [1.29, 1.82) is 0 Å². The molecule has 0 aliphatic carbocycles. The van der Waals surface area contributed by atoms with Crippen molar-refractivity contribution in [2.45, 2.75) is 45.6 Å². The monoisotopic (exact) mass is 256 g/mol. The van der Waals surface area contributed by atoms with Crippen LogP contribution in [-0.4, -0.2) is 37.6 Å². The van der Waals surface area contributed by atoms with Gasteiger partial charge in [-0.2, -0.15) is 0 Å². The molecular weight excluding hydrogens is 232 g/mol. The average molecular weight is 256 g/mol. The lowest BCUT2D eigenvalue weighted by Gasteiger charge is -2.15. The Morgan fingerprint density at radius 1 is 1.28 bits per heavy atom. The third kappa shape index (κ3) is 7.95. The van der Waals surface area contributed by atoms with Crippen LogP contribution in [0.3, 0.4) is 0 Å². The van der Waals surface area contributed by atoms with Crippen molar-refractivity contribution >= 4 is 18.0 Å². The number of carbonyl (C=O) groups excluding carboxylic acids is 3. The minimum atomic E-state index is -0.441. The maximum absolute atomic E-state index is 11.7. The van der Waals surface area contributed by atoms with Gasteiger partial charge >= 0.3 is 0 Å². The predicted molar refractivity (Wildman–Crippen MR) is 70.2 cm³/mol. The zero-order valence-corrected chi connectivity index (χ0v) is 11.5. The first-order valence-electron chi connectivity index (χ1n) is 6.41. The third-order valence-corrected chi connectivity index (χ3v) is 2.73. The Labute approximate surface area is 109 Å². The fourth-order valence-corrected chi connectivity index (χ4v) is 1.69. The quantitative estimate of drug-likeness (QED) is 0.445. The third-order valence-electron chi connectivity index (χ3n) is 2.73. The molecule has 104 valence electrons. The van der Waals surface area contributed by atoms with Gasteiger partial charge in [0.2, 0.25) is 5.91 Å². The number of amides is 1. The molecule has 0 spiro atoms. The van der Waals surface area contributed by atoms with Crippen molar-refractivity contribution in [1.82, 2.24) is 10.6 Å². The second-order valence-electron chi connectivity index (χ2n) is 4.66. The van der Waals surface area contributed by atoms with E-state index < -0.39 is 6.04 Å². The summed E-state index contributed by atoms with van der Waals surface area (Å²) in [4.78, 5) is 33.5. The van der Waals surface area contributed by atoms with Crippen LogP contribution in [0.15, 0.2) is 0 Å². The van der Waals surface area contributed by atoms with Crippen molar-refractivity contribution < 1.29 is 14.4 Å². The summed E-state index contributed by atoms with van der Waals surface area (Å²) in [6, 6.07) is -0.441. The molecule has 0 aromatic rings. The van der Waals surface area contributed by atoms with E-state index in [1.54, 1.807) is 6.92 Å². The number of nitrogens with one attached hydrogen (secondary N) is 2. The maximum atomic E-state index is 11.7. The van der Waals surface area contributed by atoms with E-state index in [0.717, 1.165) is 25.7 Å². The minimum absolute atomic E-state index is 0.0191. The molecular formula is C13H24N2O3. The van der Waals surface area contributed by atoms with Crippen LogP contribution in [0.1, 0.15) is 39.5 Å². The molecule has 0 rings (SSSR count). The highest BCUT2D eigenvalue weighted by molar-refractivity contribution is 5.86. The molecule has 0 aromatic carbocycles. The largest absolute Gasteiger partial charge is 0.346 e. The molecule has 0 aliphatic heterocycles. The fraction of sp³-hybridized carbons (Fsp3) is 0.769. The van der Waals surface area contributed by atoms with E-state index in [1.165, 1.54) is 6.92 Å². The van der Waals surface area contributed by atoms with Gasteiger partial charge in [0.25, 0.3) is 0 Å². The maximum Gasteiger partial charge on any atom is 0.223 e. The first-order valence-corrected chi connectivity index (χ1v) is 6.41. The highest BCUT2D eigenvalue weighted by Crippen LogP contribution is 2.05. The summed E-state index contributed by atoms with van der Waals surface area (Å²) in [5.74, 6) is -0.618. The van der Waals surface area contributed by atoms with E-state index in [9.17, 15) is 14.4 Å². The Hall–Kier alpha value is -1.23. The Balaban J connectivity index is 3.99. The number of unbranched alkanes of at least 4 members (excludes halogenated alkanes) is 1. The molecule has 5 nitrogen and oxygen atoms in total. The van der Waals surface area contributed by atoms with Gasteiger partial charge in [0.05, 0.1) is 6.04 Å². The van der Waals surface area contributed by atoms with Crippen molar-refractivity contribution in [2.24, 2.45) is 5.92 Å². The Kier molecular flexibility index (Phi) is 9.10. The Morgan fingerprint density at radius 3 is 2.44 bits per heavy atom. The van der Waals surface area contributed by atoms with Gasteiger partial charge in [0.1, 0.15) is 12.1 Å². The number of rotatable bonds is 10. The van der Waals surface area contributed by atoms with Gasteiger partial charge in [-0.1, -0.05) is 6.92 Å².